The lowest BCUT2D eigenvalue weighted by atomic mass is 10.4. The van der Waals surface area contributed by atoms with Crippen molar-refractivity contribution in [3.8, 4) is 0 Å². The molecule has 0 aliphatic rings. The fourth-order valence-corrected chi connectivity index (χ4v) is 1.78. The number of carbonyl (C=O) groups is 1. The van der Waals surface area contributed by atoms with Crippen molar-refractivity contribution in [2.24, 2.45) is 5.73 Å². The van der Waals surface area contributed by atoms with Gasteiger partial charge in [-0.3, -0.25) is 4.79 Å². The van der Waals surface area contributed by atoms with E-state index < -0.39 is 5.91 Å². The van der Waals surface area contributed by atoms with Crippen molar-refractivity contribution in [2.45, 2.75) is 13.3 Å². The Kier molecular flexibility index (Phi) is 5.06. The third kappa shape index (κ3) is 4.75. The second-order valence-electron chi connectivity index (χ2n) is 2.94. The molecule has 5 nitrogen and oxygen atoms in total. The highest BCUT2D eigenvalue weighted by atomic mass is 32.1. The molecule has 0 bridgehead atoms. The van der Waals surface area contributed by atoms with Crippen LogP contribution in [-0.4, -0.2) is 30.6 Å². The second kappa shape index (κ2) is 6.36. The summed E-state index contributed by atoms with van der Waals surface area (Å²) in [4.78, 5) is 14.7. The molecule has 0 spiro atoms. The van der Waals surface area contributed by atoms with Crippen LogP contribution in [0.1, 0.15) is 12.6 Å². The number of carbonyl (C=O) groups excluding carboxylic acids is 1. The van der Waals surface area contributed by atoms with Crippen LogP contribution in [0.2, 0.25) is 0 Å². The highest BCUT2D eigenvalue weighted by Gasteiger charge is 1.99. The molecule has 0 aliphatic carbocycles. The molecule has 0 fully saturated rings. The highest BCUT2D eigenvalue weighted by Crippen LogP contribution is 2.14. The molecule has 3 N–H and O–H groups in total. The lowest BCUT2D eigenvalue weighted by molar-refractivity contribution is -0.122. The minimum absolute atomic E-state index is 0.0280. The van der Waals surface area contributed by atoms with Crippen molar-refractivity contribution in [1.82, 2.24) is 4.98 Å². The molecular formula is C9H15N3O2S. The van der Waals surface area contributed by atoms with Gasteiger partial charge in [-0.05, 0) is 6.42 Å². The molecule has 0 radical (unpaired) electrons. The van der Waals surface area contributed by atoms with E-state index in [4.69, 9.17) is 10.5 Å². The Bertz CT molecular complexity index is 314. The predicted octanol–water partition coefficient (Wildman–Crippen LogP) is 0.619. The van der Waals surface area contributed by atoms with Gasteiger partial charge in [0, 0.05) is 11.9 Å². The quantitative estimate of drug-likeness (QED) is 0.672. The van der Waals surface area contributed by atoms with Gasteiger partial charge in [-0.1, -0.05) is 6.92 Å². The number of amides is 1. The van der Waals surface area contributed by atoms with E-state index in [0.29, 0.717) is 13.2 Å². The van der Waals surface area contributed by atoms with Gasteiger partial charge in [-0.25, -0.2) is 4.98 Å². The number of aryl methyl sites for hydroxylation is 1. The Balaban J connectivity index is 2.12. The molecule has 6 heteroatoms. The molecule has 0 atom stereocenters. The van der Waals surface area contributed by atoms with Crippen molar-refractivity contribution in [2.75, 3.05) is 25.1 Å². The fourth-order valence-electron chi connectivity index (χ4n) is 0.953. The van der Waals surface area contributed by atoms with E-state index >= 15 is 0 Å². The zero-order valence-corrected chi connectivity index (χ0v) is 9.47. The molecule has 0 aliphatic heterocycles. The van der Waals surface area contributed by atoms with E-state index in [1.54, 1.807) is 11.3 Å². The van der Waals surface area contributed by atoms with Crippen molar-refractivity contribution >= 4 is 22.4 Å². The van der Waals surface area contributed by atoms with Gasteiger partial charge in [0.05, 0.1) is 12.3 Å². The first-order valence-corrected chi connectivity index (χ1v) is 5.64. The Morgan fingerprint density at radius 2 is 2.53 bits per heavy atom. The van der Waals surface area contributed by atoms with Crippen LogP contribution in [0.4, 0.5) is 5.13 Å². The summed E-state index contributed by atoms with van der Waals surface area (Å²) in [5, 5.41) is 6.01. The number of hydrogen-bond acceptors (Lipinski definition) is 5. The summed E-state index contributed by atoms with van der Waals surface area (Å²) in [6, 6.07) is 0. The number of nitrogens with zero attached hydrogens (tertiary/aromatic N) is 1. The van der Waals surface area contributed by atoms with E-state index in [1.807, 2.05) is 5.38 Å². The largest absolute Gasteiger partial charge is 0.370 e. The monoisotopic (exact) mass is 229 g/mol. The number of thiazole rings is 1. The van der Waals surface area contributed by atoms with Crippen LogP contribution in [0.15, 0.2) is 5.38 Å². The number of aromatic nitrogens is 1. The molecule has 1 aromatic rings. The van der Waals surface area contributed by atoms with Crippen LogP contribution in [0, 0.1) is 0 Å². The molecule has 84 valence electrons. The van der Waals surface area contributed by atoms with Crippen LogP contribution >= 0.6 is 11.3 Å². The summed E-state index contributed by atoms with van der Waals surface area (Å²) in [6.45, 7) is 3.11. The average molecular weight is 229 g/mol. The number of rotatable bonds is 7. The van der Waals surface area contributed by atoms with Crippen LogP contribution in [0.5, 0.6) is 0 Å². The summed E-state index contributed by atoms with van der Waals surface area (Å²) in [5.41, 5.74) is 6.00. The lowest BCUT2D eigenvalue weighted by Crippen LogP contribution is -2.20. The van der Waals surface area contributed by atoms with E-state index in [0.717, 1.165) is 17.2 Å². The normalized spacial score (nSPS) is 10.2. The summed E-state index contributed by atoms with van der Waals surface area (Å²) >= 11 is 1.57. The first-order valence-electron chi connectivity index (χ1n) is 4.76. The third-order valence-electron chi connectivity index (χ3n) is 1.68. The van der Waals surface area contributed by atoms with Crippen molar-refractivity contribution in [3.63, 3.8) is 0 Å². The Labute approximate surface area is 92.6 Å². The molecule has 1 amide bonds. The molecule has 1 heterocycles. The van der Waals surface area contributed by atoms with Gasteiger partial charge in [0.25, 0.3) is 0 Å². The minimum atomic E-state index is -0.447. The van der Waals surface area contributed by atoms with E-state index in [-0.39, 0.29) is 6.61 Å². The molecule has 15 heavy (non-hydrogen) atoms. The fraction of sp³-hybridized carbons (Fsp3) is 0.556. The SMILES string of the molecule is CCc1csc(NCCOCC(N)=O)n1. The number of primary amides is 1. The Hall–Kier alpha value is -1.14. The van der Waals surface area contributed by atoms with E-state index in [2.05, 4.69) is 17.2 Å². The van der Waals surface area contributed by atoms with Crippen LogP contribution < -0.4 is 11.1 Å². The van der Waals surface area contributed by atoms with Gasteiger partial charge in [-0.2, -0.15) is 0 Å². The number of nitrogens with one attached hydrogen (secondary N) is 1. The standard InChI is InChI=1S/C9H15N3O2S/c1-2-7-6-15-9(12-7)11-3-4-14-5-8(10)13/h6H,2-5H2,1H3,(H2,10,13)(H,11,12). The van der Waals surface area contributed by atoms with Crippen LogP contribution in [-0.2, 0) is 16.0 Å². The maximum atomic E-state index is 10.3. The number of hydrogen-bond donors (Lipinski definition) is 2. The Morgan fingerprint density at radius 3 is 3.13 bits per heavy atom. The van der Waals surface area contributed by atoms with Gasteiger partial charge in [-0.15, -0.1) is 11.3 Å². The topological polar surface area (TPSA) is 77.2 Å². The summed E-state index contributed by atoms with van der Waals surface area (Å²) in [5.74, 6) is -0.447. The average Bonchev–Trinajstić information content (AvgIpc) is 2.65. The summed E-state index contributed by atoms with van der Waals surface area (Å²) in [7, 11) is 0. The summed E-state index contributed by atoms with van der Waals surface area (Å²) in [6.07, 6.45) is 0.941. The van der Waals surface area contributed by atoms with Gasteiger partial charge in [0.2, 0.25) is 5.91 Å². The third-order valence-corrected chi connectivity index (χ3v) is 2.53. The zero-order chi connectivity index (χ0) is 11.1. The van der Waals surface area contributed by atoms with Crippen molar-refractivity contribution in [1.29, 1.82) is 0 Å². The zero-order valence-electron chi connectivity index (χ0n) is 8.66. The molecular weight excluding hydrogens is 214 g/mol. The second-order valence-corrected chi connectivity index (χ2v) is 3.80. The highest BCUT2D eigenvalue weighted by molar-refractivity contribution is 7.13. The van der Waals surface area contributed by atoms with E-state index in [1.165, 1.54) is 0 Å². The van der Waals surface area contributed by atoms with Crippen LogP contribution in [0.25, 0.3) is 0 Å². The predicted molar refractivity (Wildman–Crippen MR) is 60.0 cm³/mol. The lowest BCUT2D eigenvalue weighted by Gasteiger charge is -2.02. The molecule has 1 aromatic heterocycles. The van der Waals surface area contributed by atoms with Crippen molar-refractivity contribution < 1.29 is 9.53 Å². The molecule has 0 saturated heterocycles. The molecule has 1 rings (SSSR count). The van der Waals surface area contributed by atoms with Gasteiger partial charge < -0.3 is 15.8 Å². The molecule has 0 unspecified atom stereocenters. The van der Waals surface area contributed by atoms with Gasteiger partial charge in [0.1, 0.15) is 6.61 Å². The van der Waals surface area contributed by atoms with Gasteiger partial charge in [0.15, 0.2) is 5.13 Å². The van der Waals surface area contributed by atoms with Gasteiger partial charge >= 0.3 is 0 Å². The van der Waals surface area contributed by atoms with E-state index in [9.17, 15) is 4.79 Å². The van der Waals surface area contributed by atoms with Crippen LogP contribution in [0.3, 0.4) is 0 Å². The number of anilines is 1. The first-order chi connectivity index (χ1) is 7.22. The maximum absolute atomic E-state index is 10.3. The number of nitrogens with two attached hydrogens (primary N) is 1. The Morgan fingerprint density at radius 1 is 1.73 bits per heavy atom. The first kappa shape index (κ1) is 11.9. The van der Waals surface area contributed by atoms with Crippen molar-refractivity contribution in [3.05, 3.63) is 11.1 Å². The maximum Gasteiger partial charge on any atom is 0.243 e. The molecule has 0 saturated carbocycles. The summed E-state index contributed by atoms with van der Waals surface area (Å²) < 4.78 is 4.99. The smallest absolute Gasteiger partial charge is 0.243 e. The number of ether oxygens (including phenoxy) is 1. The minimum Gasteiger partial charge on any atom is -0.370 e. The molecule has 0 aromatic carbocycles.